The molecule has 2 aromatic carbocycles. The summed E-state index contributed by atoms with van der Waals surface area (Å²) in [5.74, 6) is -1.14. The van der Waals surface area contributed by atoms with Gasteiger partial charge in [0.1, 0.15) is 12.6 Å². The Morgan fingerprint density at radius 2 is 1.74 bits per heavy atom. The van der Waals surface area contributed by atoms with Crippen LogP contribution >= 0.6 is 0 Å². The number of ether oxygens (including phenoxy) is 1. The van der Waals surface area contributed by atoms with Gasteiger partial charge in [-0.1, -0.05) is 48.5 Å². The van der Waals surface area contributed by atoms with Crippen LogP contribution in [0.15, 0.2) is 48.5 Å². The number of piperidine rings is 1. The molecule has 1 heterocycles. The molecular formula is C27H31N3O5. The van der Waals surface area contributed by atoms with E-state index >= 15 is 0 Å². The van der Waals surface area contributed by atoms with E-state index < -0.39 is 23.5 Å². The molecular weight excluding hydrogens is 446 g/mol. The molecule has 2 aliphatic carbocycles. The molecule has 0 bridgehead atoms. The highest BCUT2D eigenvalue weighted by molar-refractivity contribution is 5.88. The van der Waals surface area contributed by atoms with Gasteiger partial charge < -0.3 is 25.0 Å². The summed E-state index contributed by atoms with van der Waals surface area (Å²) >= 11 is 0. The highest BCUT2D eigenvalue weighted by atomic mass is 16.5. The predicted octanol–water partition coefficient (Wildman–Crippen LogP) is 2.78. The Kier molecular flexibility index (Phi) is 6.01. The predicted molar refractivity (Wildman–Crippen MR) is 130 cm³/mol. The maximum Gasteiger partial charge on any atom is 0.407 e. The van der Waals surface area contributed by atoms with Crippen LogP contribution in [0.25, 0.3) is 11.1 Å². The number of carboxylic acid groups (broad SMARTS) is 1. The molecule has 0 aromatic heterocycles. The monoisotopic (exact) mass is 477 g/mol. The first kappa shape index (κ1) is 23.4. The molecule has 2 amide bonds. The normalized spacial score (nSPS) is 22.8. The van der Waals surface area contributed by atoms with Crippen LogP contribution in [0.4, 0.5) is 4.79 Å². The van der Waals surface area contributed by atoms with E-state index in [1.54, 1.807) is 4.90 Å². The second-order valence-corrected chi connectivity index (χ2v) is 10.2. The van der Waals surface area contributed by atoms with Gasteiger partial charge in [0, 0.05) is 19.0 Å². The number of carbonyl (C=O) groups excluding carboxylic acids is 2. The van der Waals surface area contributed by atoms with E-state index in [4.69, 9.17) is 4.74 Å². The van der Waals surface area contributed by atoms with Gasteiger partial charge in [0.2, 0.25) is 5.91 Å². The maximum absolute atomic E-state index is 13.3. The van der Waals surface area contributed by atoms with Crippen molar-refractivity contribution < 1.29 is 24.2 Å². The standard InChI is InChI=1S/C27H31N3O5/c1-29(2)12-11-23(24(31)30-14-17-13-27(17,16-30)25(32)33)28-26(34)35-15-22-20-9-5-3-7-18(20)19-8-4-6-10-21(19)22/h3-10,17,22-23H,11-16H2,1-2H3,(H,28,34)(H,32,33). The molecule has 3 aliphatic rings. The largest absolute Gasteiger partial charge is 0.481 e. The lowest BCUT2D eigenvalue weighted by atomic mass is 9.98. The van der Waals surface area contributed by atoms with Crippen molar-refractivity contribution >= 4 is 18.0 Å². The summed E-state index contributed by atoms with van der Waals surface area (Å²) in [7, 11) is 3.80. The minimum absolute atomic E-state index is 0.00732. The Balaban J connectivity index is 1.24. The molecule has 0 spiro atoms. The number of nitrogens with zero attached hydrogens (tertiary/aromatic N) is 2. The van der Waals surface area contributed by atoms with Crippen LogP contribution in [0.3, 0.4) is 0 Å². The van der Waals surface area contributed by atoms with Gasteiger partial charge in [0.25, 0.3) is 0 Å². The molecule has 1 aliphatic heterocycles. The van der Waals surface area contributed by atoms with Crippen molar-refractivity contribution in [3.8, 4) is 11.1 Å². The van der Waals surface area contributed by atoms with E-state index in [0.717, 1.165) is 22.3 Å². The van der Waals surface area contributed by atoms with Crippen LogP contribution in [-0.2, 0) is 14.3 Å². The lowest BCUT2D eigenvalue weighted by Crippen LogP contribution is -2.50. The van der Waals surface area contributed by atoms with Crippen LogP contribution < -0.4 is 5.32 Å². The van der Waals surface area contributed by atoms with E-state index in [-0.39, 0.29) is 30.9 Å². The summed E-state index contributed by atoms with van der Waals surface area (Å²) < 4.78 is 5.65. The quantitative estimate of drug-likeness (QED) is 0.607. The second-order valence-electron chi connectivity index (χ2n) is 10.2. The Hall–Kier alpha value is -3.39. The number of hydrogen-bond donors (Lipinski definition) is 2. The SMILES string of the molecule is CN(C)CCC(NC(=O)OCC1c2ccccc2-c2ccccc21)C(=O)N1CC2CC2(C(=O)O)C1. The topological polar surface area (TPSA) is 99.2 Å². The zero-order chi connectivity index (χ0) is 24.7. The van der Waals surface area contributed by atoms with E-state index in [1.165, 1.54) is 0 Å². The number of benzene rings is 2. The highest BCUT2D eigenvalue weighted by Gasteiger charge is 2.66. The fourth-order valence-corrected chi connectivity index (χ4v) is 5.63. The van der Waals surface area contributed by atoms with Gasteiger partial charge in [0.15, 0.2) is 0 Å². The average Bonchev–Trinajstić information content (AvgIpc) is 3.27. The average molecular weight is 478 g/mol. The van der Waals surface area contributed by atoms with Gasteiger partial charge in [-0.25, -0.2) is 4.79 Å². The van der Waals surface area contributed by atoms with Crippen molar-refractivity contribution in [1.29, 1.82) is 0 Å². The molecule has 0 radical (unpaired) electrons. The van der Waals surface area contributed by atoms with Gasteiger partial charge >= 0.3 is 12.1 Å². The molecule has 2 fully saturated rings. The van der Waals surface area contributed by atoms with Gasteiger partial charge in [0.05, 0.1) is 5.41 Å². The fourth-order valence-electron chi connectivity index (χ4n) is 5.63. The van der Waals surface area contributed by atoms with Crippen LogP contribution in [0.5, 0.6) is 0 Å². The van der Waals surface area contributed by atoms with E-state index in [9.17, 15) is 19.5 Å². The fraction of sp³-hybridized carbons (Fsp3) is 0.444. The smallest absolute Gasteiger partial charge is 0.407 e. The molecule has 2 aromatic rings. The molecule has 2 N–H and O–H groups in total. The Morgan fingerprint density at radius 1 is 1.11 bits per heavy atom. The van der Waals surface area contributed by atoms with Gasteiger partial charge in [-0.05, 0) is 61.7 Å². The minimum atomic E-state index is -0.841. The van der Waals surface area contributed by atoms with Crippen LogP contribution in [0.2, 0.25) is 0 Å². The third-order valence-electron chi connectivity index (χ3n) is 7.68. The van der Waals surface area contributed by atoms with E-state index in [2.05, 4.69) is 29.6 Å². The second kappa shape index (κ2) is 9.00. The number of nitrogens with one attached hydrogen (secondary N) is 1. The van der Waals surface area contributed by atoms with Crippen LogP contribution in [0.1, 0.15) is 29.9 Å². The summed E-state index contributed by atoms with van der Waals surface area (Å²) in [4.78, 5) is 41.3. The Morgan fingerprint density at radius 3 is 2.31 bits per heavy atom. The minimum Gasteiger partial charge on any atom is -0.481 e. The first-order chi connectivity index (χ1) is 16.8. The van der Waals surface area contributed by atoms with Crippen molar-refractivity contribution in [2.45, 2.75) is 24.8 Å². The van der Waals surface area contributed by atoms with Crippen molar-refractivity contribution in [2.75, 3.05) is 40.3 Å². The van der Waals surface area contributed by atoms with Gasteiger partial charge in [-0.15, -0.1) is 0 Å². The van der Waals surface area contributed by atoms with Crippen molar-refractivity contribution in [3.05, 3.63) is 59.7 Å². The number of amides is 2. The first-order valence-corrected chi connectivity index (χ1v) is 12.1. The number of carboxylic acids is 1. The zero-order valence-electron chi connectivity index (χ0n) is 20.1. The molecule has 8 nitrogen and oxygen atoms in total. The third-order valence-corrected chi connectivity index (χ3v) is 7.68. The number of hydrogen-bond acceptors (Lipinski definition) is 5. The number of alkyl carbamates (subject to hydrolysis) is 1. The summed E-state index contributed by atoms with van der Waals surface area (Å²) in [6, 6.07) is 15.5. The lowest BCUT2D eigenvalue weighted by Gasteiger charge is -2.27. The molecule has 35 heavy (non-hydrogen) atoms. The number of fused-ring (bicyclic) bond motifs is 4. The van der Waals surface area contributed by atoms with Crippen LogP contribution in [0, 0.1) is 11.3 Å². The highest BCUT2D eigenvalue weighted by Crippen LogP contribution is 2.58. The number of aliphatic carboxylic acids is 1. The van der Waals surface area contributed by atoms with E-state index in [1.807, 2.05) is 43.3 Å². The van der Waals surface area contributed by atoms with Crippen LogP contribution in [-0.4, -0.2) is 79.3 Å². The molecule has 5 rings (SSSR count). The third kappa shape index (κ3) is 4.27. The maximum atomic E-state index is 13.3. The summed E-state index contributed by atoms with van der Waals surface area (Å²) in [6.45, 7) is 1.40. The Bertz CT molecular complexity index is 1120. The van der Waals surface area contributed by atoms with Crippen molar-refractivity contribution in [1.82, 2.24) is 15.1 Å². The molecule has 3 unspecified atom stereocenters. The van der Waals surface area contributed by atoms with E-state index in [0.29, 0.717) is 25.9 Å². The van der Waals surface area contributed by atoms with Gasteiger partial charge in [-0.2, -0.15) is 0 Å². The Labute approximate surface area is 204 Å². The number of carbonyl (C=O) groups is 3. The first-order valence-electron chi connectivity index (χ1n) is 12.1. The molecule has 8 heteroatoms. The van der Waals surface area contributed by atoms with Gasteiger partial charge in [-0.3, -0.25) is 9.59 Å². The molecule has 1 saturated carbocycles. The number of likely N-dealkylation sites (tertiary alicyclic amines) is 1. The summed E-state index contributed by atoms with van der Waals surface area (Å²) in [5, 5.41) is 12.3. The van der Waals surface area contributed by atoms with Crippen molar-refractivity contribution in [2.24, 2.45) is 11.3 Å². The number of rotatable bonds is 8. The van der Waals surface area contributed by atoms with Crippen molar-refractivity contribution in [3.63, 3.8) is 0 Å². The molecule has 3 atom stereocenters. The summed E-state index contributed by atoms with van der Waals surface area (Å²) in [5.41, 5.74) is 3.74. The lowest BCUT2D eigenvalue weighted by molar-refractivity contribution is -0.144. The zero-order valence-corrected chi connectivity index (χ0v) is 20.1. The molecule has 1 saturated heterocycles. The molecule has 184 valence electrons. The summed E-state index contributed by atoms with van der Waals surface area (Å²) in [6.07, 6.45) is 0.396.